The first-order valence-corrected chi connectivity index (χ1v) is 11.1. The molecular weight excluding hydrogens is 416 g/mol. The van der Waals surface area contributed by atoms with Crippen LogP contribution in [0.4, 0.5) is 11.4 Å². The summed E-state index contributed by atoms with van der Waals surface area (Å²) in [5.41, 5.74) is 4.43. The number of para-hydroxylation sites is 1. The van der Waals surface area contributed by atoms with Crippen molar-refractivity contribution in [3.63, 3.8) is 0 Å². The summed E-state index contributed by atoms with van der Waals surface area (Å²) >= 11 is 7.90. The number of benzene rings is 3. The largest absolute Gasteiger partial charge is 0.325 e. The standard InChI is InChI=1S/C24H21ClN2O2S/c1-16-7-5-6-10-20(16)27-21(28)15-30-24(27)18-11-13-19(14-12-18)26-23(29)22(25)17-8-3-2-4-9-17/h2-14,22,24H,15H2,1H3,(H,26,29)/t22-,24-/m1/s1. The van der Waals surface area contributed by atoms with Crippen LogP contribution in [0.15, 0.2) is 78.9 Å². The number of amides is 2. The molecule has 0 saturated carbocycles. The number of alkyl halides is 1. The van der Waals surface area contributed by atoms with Crippen LogP contribution in [0.25, 0.3) is 0 Å². The van der Waals surface area contributed by atoms with Crippen LogP contribution in [0, 0.1) is 6.92 Å². The van der Waals surface area contributed by atoms with E-state index in [2.05, 4.69) is 5.32 Å². The molecule has 6 heteroatoms. The quantitative estimate of drug-likeness (QED) is 0.522. The number of carbonyl (C=O) groups is 2. The van der Waals surface area contributed by atoms with E-state index in [1.165, 1.54) is 0 Å². The van der Waals surface area contributed by atoms with Crippen molar-refractivity contribution in [3.8, 4) is 0 Å². The second-order valence-electron chi connectivity index (χ2n) is 7.10. The molecule has 0 unspecified atom stereocenters. The van der Waals surface area contributed by atoms with Crippen LogP contribution in [-0.4, -0.2) is 17.6 Å². The van der Waals surface area contributed by atoms with Gasteiger partial charge in [-0.1, -0.05) is 60.7 Å². The van der Waals surface area contributed by atoms with Crippen molar-refractivity contribution in [2.75, 3.05) is 16.0 Å². The summed E-state index contributed by atoms with van der Waals surface area (Å²) in [7, 11) is 0. The van der Waals surface area contributed by atoms with Crippen molar-refractivity contribution < 1.29 is 9.59 Å². The van der Waals surface area contributed by atoms with E-state index in [4.69, 9.17) is 11.6 Å². The SMILES string of the molecule is Cc1ccccc1N1C(=O)CS[C@@H]1c1ccc(NC(=O)[C@H](Cl)c2ccccc2)cc1. The molecule has 0 aromatic heterocycles. The zero-order valence-corrected chi connectivity index (χ0v) is 18.0. The van der Waals surface area contributed by atoms with E-state index >= 15 is 0 Å². The van der Waals surface area contributed by atoms with Crippen LogP contribution in [-0.2, 0) is 9.59 Å². The van der Waals surface area contributed by atoms with Crippen molar-refractivity contribution in [2.24, 2.45) is 0 Å². The van der Waals surface area contributed by atoms with Gasteiger partial charge in [-0.25, -0.2) is 0 Å². The van der Waals surface area contributed by atoms with Crippen LogP contribution >= 0.6 is 23.4 Å². The van der Waals surface area contributed by atoms with Crippen LogP contribution in [0.5, 0.6) is 0 Å². The Hall–Kier alpha value is -2.76. The van der Waals surface area contributed by atoms with E-state index in [0.717, 1.165) is 22.4 Å². The number of hydrogen-bond acceptors (Lipinski definition) is 3. The number of carbonyl (C=O) groups excluding carboxylic acids is 2. The van der Waals surface area contributed by atoms with Gasteiger partial charge < -0.3 is 5.32 Å². The molecule has 30 heavy (non-hydrogen) atoms. The number of hydrogen-bond donors (Lipinski definition) is 1. The highest BCUT2D eigenvalue weighted by Gasteiger charge is 2.34. The van der Waals surface area contributed by atoms with Gasteiger partial charge in [0, 0.05) is 11.4 Å². The van der Waals surface area contributed by atoms with Crippen LogP contribution in [0.2, 0.25) is 0 Å². The zero-order chi connectivity index (χ0) is 21.1. The molecule has 0 radical (unpaired) electrons. The Bertz CT molecular complexity index is 1060. The summed E-state index contributed by atoms with van der Waals surface area (Å²) in [5.74, 6) is 0.273. The lowest BCUT2D eigenvalue weighted by molar-refractivity contribution is -0.116. The van der Waals surface area contributed by atoms with Gasteiger partial charge >= 0.3 is 0 Å². The predicted octanol–water partition coefficient (Wildman–Crippen LogP) is 5.69. The van der Waals surface area contributed by atoms with Gasteiger partial charge in [-0.05, 0) is 41.8 Å². The Labute approximate surface area is 185 Å². The lowest BCUT2D eigenvalue weighted by Gasteiger charge is -2.26. The summed E-state index contributed by atoms with van der Waals surface area (Å²) in [6.07, 6.45) is 0. The Balaban J connectivity index is 1.50. The summed E-state index contributed by atoms with van der Waals surface area (Å²) < 4.78 is 0. The zero-order valence-electron chi connectivity index (χ0n) is 16.4. The molecule has 2 amide bonds. The Morgan fingerprint density at radius 3 is 2.40 bits per heavy atom. The molecule has 1 aliphatic heterocycles. The first kappa shape index (κ1) is 20.5. The van der Waals surface area contributed by atoms with E-state index in [0.29, 0.717) is 11.4 Å². The second-order valence-corrected chi connectivity index (χ2v) is 8.60. The van der Waals surface area contributed by atoms with E-state index in [-0.39, 0.29) is 17.2 Å². The van der Waals surface area contributed by atoms with Crippen LogP contribution in [0.1, 0.15) is 27.4 Å². The van der Waals surface area contributed by atoms with E-state index < -0.39 is 5.38 Å². The van der Waals surface area contributed by atoms with Crippen LogP contribution in [0.3, 0.4) is 0 Å². The number of rotatable bonds is 5. The van der Waals surface area contributed by atoms with Crippen molar-refractivity contribution in [2.45, 2.75) is 17.7 Å². The monoisotopic (exact) mass is 436 g/mol. The molecule has 0 aliphatic carbocycles. The Morgan fingerprint density at radius 2 is 1.70 bits per heavy atom. The fourth-order valence-corrected chi connectivity index (χ4v) is 4.84. The summed E-state index contributed by atoms with van der Waals surface area (Å²) in [5, 5.41) is 2.01. The van der Waals surface area contributed by atoms with Crippen molar-refractivity contribution >= 4 is 46.6 Å². The number of anilines is 2. The molecule has 4 rings (SSSR count). The van der Waals surface area contributed by atoms with Crippen LogP contribution < -0.4 is 10.2 Å². The minimum absolute atomic E-state index is 0.0894. The number of halogens is 1. The van der Waals surface area contributed by atoms with E-state index in [1.807, 2.05) is 90.7 Å². The molecule has 4 nitrogen and oxygen atoms in total. The third-order valence-corrected chi connectivity index (χ3v) is 6.69. The van der Waals surface area contributed by atoms with Gasteiger partial charge in [-0.15, -0.1) is 23.4 Å². The van der Waals surface area contributed by atoms with Gasteiger partial charge in [0.15, 0.2) is 0 Å². The number of nitrogens with one attached hydrogen (secondary N) is 1. The average molecular weight is 437 g/mol. The minimum atomic E-state index is -0.759. The molecule has 1 fully saturated rings. The highest BCUT2D eigenvalue weighted by molar-refractivity contribution is 8.00. The number of thioether (sulfide) groups is 1. The summed E-state index contributed by atoms with van der Waals surface area (Å²) in [4.78, 5) is 26.9. The van der Waals surface area contributed by atoms with Gasteiger partial charge in [-0.2, -0.15) is 0 Å². The maximum Gasteiger partial charge on any atom is 0.246 e. The van der Waals surface area contributed by atoms with Crippen molar-refractivity contribution in [3.05, 3.63) is 95.6 Å². The topological polar surface area (TPSA) is 49.4 Å². The molecule has 1 aliphatic rings. The maximum atomic E-state index is 12.6. The molecule has 0 spiro atoms. The third kappa shape index (κ3) is 4.23. The molecule has 1 saturated heterocycles. The normalized spacial score (nSPS) is 17.1. The highest BCUT2D eigenvalue weighted by atomic mass is 35.5. The first-order valence-electron chi connectivity index (χ1n) is 9.64. The highest BCUT2D eigenvalue weighted by Crippen LogP contribution is 2.42. The fraction of sp³-hybridized carbons (Fsp3) is 0.167. The minimum Gasteiger partial charge on any atom is -0.325 e. The molecular formula is C24H21ClN2O2S. The predicted molar refractivity (Wildman–Crippen MR) is 124 cm³/mol. The van der Waals surface area contributed by atoms with Gasteiger partial charge in [0.05, 0.1) is 5.75 Å². The van der Waals surface area contributed by atoms with Gasteiger partial charge in [-0.3, -0.25) is 14.5 Å². The first-order chi connectivity index (χ1) is 14.5. The van der Waals surface area contributed by atoms with Crippen molar-refractivity contribution in [1.29, 1.82) is 0 Å². The Kier molecular flexibility index (Phi) is 6.11. The lowest BCUT2D eigenvalue weighted by Crippen LogP contribution is -2.28. The average Bonchev–Trinajstić information content (AvgIpc) is 3.16. The Morgan fingerprint density at radius 1 is 1.03 bits per heavy atom. The van der Waals surface area contributed by atoms with Gasteiger partial charge in [0.1, 0.15) is 10.8 Å². The second kappa shape index (κ2) is 8.94. The fourth-order valence-electron chi connectivity index (χ4n) is 3.47. The molecule has 0 bridgehead atoms. The third-order valence-electron chi connectivity index (χ3n) is 5.03. The molecule has 3 aromatic carbocycles. The smallest absolute Gasteiger partial charge is 0.246 e. The number of aryl methyl sites for hydroxylation is 1. The molecule has 2 atom stereocenters. The maximum absolute atomic E-state index is 12.6. The molecule has 1 N–H and O–H groups in total. The van der Waals surface area contributed by atoms with Gasteiger partial charge in [0.25, 0.3) is 0 Å². The summed E-state index contributed by atoms with van der Waals surface area (Å²) in [6, 6.07) is 24.7. The van der Waals surface area contributed by atoms with Gasteiger partial charge in [0.2, 0.25) is 11.8 Å². The summed E-state index contributed by atoms with van der Waals surface area (Å²) in [6.45, 7) is 2.01. The van der Waals surface area contributed by atoms with Crippen molar-refractivity contribution in [1.82, 2.24) is 0 Å². The molecule has 1 heterocycles. The van der Waals surface area contributed by atoms with E-state index in [9.17, 15) is 9.59 Å². The lowest BCUT2D eigenvalue weighted by atomic mass is 10.1. The number of nitrogens with zero attached hydrogens (tertiary/aromatic N) is 1. The van der Waals surface area contributed by atoms with E-state index in [1.54, 1.807) is 11.8 Å². The molecule has 152 valence electrons. The molecule has 3 aromatic rings.